The zero-order chi connectivity index (χ0) is 19.8. The van der Waals surface area contributed by atoms with E-state index in [1.807, 2.05) is 0 Å². The van der Waals surface area contributed by atoms with Gasteiger partial charge in [-0.25, -0.2) is 4.79 Å². The third kappa shape index (κ3) is 3.39. The van der Waals surface area contributed by atoms with Crippen molar-refractivity contribution in [2.24, 2.45) is 5.73 Å². The highest BCUT2D eigenvalue weighted by Crippen LogP contribution is 2.32. The number of carbonyl (C=O) groups is 4. The van der Waals surface area contributed by atoms with Crippen LogP contribution in [-0.4, -0.2) is 47.0 Å². The molecule has 1 unspecified atom stereocenters. The molecule has 1 aromatic carbocycles. The summed E-state index contributed by atoms with van der Waals surface area (Å²) in [6.45, 7) is 0.281. The second-order valence-electron chi connectivity index (χ2n) is 7.28. The molecule has 9 nitrogen and oxygen atoms in total. The van der Waals surface area contributed by atoms with Gasteiger partial charge in [-0.3, -0.25) is 19.7 Å². The Labute approximate surface area is 161 Å². The molecule has 9 heteroatoms. The third-order valence-corrected chi connectivity index (χ3v) is 5.44. The normalized spacial score (nSPS) is 26.8. The van der Waals surface area contributed by atoms with E-state index in [0.29, 0.717) is 24.2 Å². The molecular formula is C19H21N3O6. The summed E-state index contributed by atoms with van der Waals surface area (Å²) in [5, 5.41) is 2.29. The quantitative estimate of drug-likeness (QED) is 0.737. The van der Waals surface area contributed by atoms with Crippen LogP contribution in [0.3, 0.4) is 0 Å². The predicted octanol–water partition coefficient (Wildman–Crippen LogP) is 0.843. The number of carbonyl (C=O) groups excluding carboxylic acids is 4. The second kappa shape index (κ2) is 7.14. The van der Waals surface area contributed by atoms with E-state index in [1.54, 1.807) is 18.2 Å². The van der Waals surface area contributed by atoms with Crippen LogP contribution in [0.4, 0.5) is 4.79 Å². The number of benzene rings is 1. The first kappa shape index (κ1) is 18.3. The number of hydrogen-bond acceptors (Lipinski definition) is 6. The van der Waals surface area contributed by atoms with Gasteiger partial charge < -0.3 is 20.1 Å². The Morgan fingerprint density at radius 2 is 1.93 bits per heavy atom. The van der Waals surface area contributed by atoms with Crippen LogP contribution in [0.1, 0.15) is 48.0 Å². The Kier molecular flexibility index (Phi) is 4.66. The molecule has 0 spiro atoms. The summed E-state index contributed by atoms with van der Waals surface area (Å²) in [6.07, 6.45) is 1.36. The van der Waals surface area contributed by atoms with Crippen molar-refractivity contribution in [3.05, 3.63) is 29.3 Å². The SMILES string of the molecule is NC(=O)O[C@@H]1CCC[C@@H]1Oc1ccc2c(c1)CN(C1CCC(=O)NC1=O)C2=O. The van der Waals surface area contributed by atoms with Crippen molar-refractivity contribution in [3.8, 4) is 5.75 Å². The van der Waals surface area contributed by atoms with Gasteiger partial charge in [-0.05, 0) is 49.4 Å². The van der Waals surface area contributed by atoms with Gasteiger partial charge in [0.2, 0.25) is 11.8 Å². The summed E-state index contributed by atoms with van der Waals surface area (Å²) >= 11 is 0. The lowest BCUT2D eigenvalue weighted by Gasteiger charge is -2.29. The van der Waals surface area contributed by atoms with Crippen molar-refractivity contribution < 1.29 is 28.7 Å². The molecule has 0 bridgehead atoms. The van der Waals surface area contributed by atoms with E-state index < -0.39 is 18.0 Å². The number of nitrogens with two attached hydrogens (primary N) is 1. The predicted molar refractivity (Wildman–Crippen MR) is 95.2 cm³/mol. The zero-order valence-corrected chi connectivity index (χ0v) is 15.2. The molecule has 3 atom stereocenters. The zero-order valence-electron chi connectivity index (χ0n) is 15.2. The highest BCUT2D eigenvalue weighted by molar-refractivity contribution is 6.05. The molecule has 1 saturated carbocycles. The smallest absolute Gasteiger partial charge is 0.404 e. The molecule has 4 amide bonds. The maximum atomic E-state index is 12.7. The van der Waals surface area contributed by atoms with E-state index in [4.69, 9.17) is 15.2 Å². The van der Waals surface area contributed by atoms with Crippen LogP contribution in [0.15, 0.2) is 18.2 Å². The average Bonchev–Trinajstić information content (AvgIpc) is 3.19. The maximum absolute atomic E-state index is 12.7. The standard InChI is InChI=1S/C19H21N3O6/c20-19(26)28-15-3-1-2-14(15)27-11-4-5-12-10(8-11)9-22(18(12)25)13-6-7-16(23)21-17(13)24/h4-5,8,13-15H,1-3,6-7,9H2,(H2,20,26)(H,21,23,24)/t13?,14-,15+/m0/s1. The number of nitrogens with zero attached hydrogens (tertiary/aromatic N) is 1. The molecule has 4 rings (SSSR count). The summed E-state index contributed by atoms with van der Waals surface area (Å²) in [4.78, 5) is 48.7. The van der Waals surface area contributed by atoms with Gasteiger partial charge in [-0.1, -0.05) is 0 Å². The monoisotopic (exact) mass is 387 g/mol. The molecule has 1 aromatic rings. The summed E-state index contributed by atoms with van der Waals surface area (Å²) < 4.78 is 11.1. The Morgan fingerprint density at radius 1 is 1.14 bits per heavy atom. The van der Waals surface area contributed by atoms with Crippen LogP contribution < -0.4 is 15.8 Å². The molecule has 0 radical (unpaired) electrons. The third-order valence-electron chi connectivity index (χ3n) is 5.44. The summed E-state index contributed by atoms with van der Waals surface area (Å²) in [5.74, 6) is -0.412. The van der Waals surface area contributed by atoms with Crippen LogP contribution in [0, 0.1) is 0 Å². The molecule has 148 valence electrons. The first-order chi connectivity index (χ1) is 13.4. The molecule has 1 saturated heterocycles. The van der Waals surface area contributed by atoms with Gasteiger partial charge in [0.15, 0.2) is 0 Å². The van der Waals surface area contributed by atoms with E-state index in [1.165, 1.54) is 4.90 Å². The molecule has 2 heterocycles. The minimum absolute atomic E-state index is 0.216. The largest absolute Gasteiger partial charge is 0.487 e. The Bertz CT molecular complexity index is 854. The van der Waals surface area contributed by atoms with Gasteiger partial charge in [-0.2, -0.15) is 0 Å². The second-order valence-corrected chi connectivity index (χ2v) is 7.28. The van der Waals surface area contributed by atoms with E-state index in [2.05, 4.69) is 5.32 Å². The number of rotatable bonds is 4. The van der Waals surface area contributed by atoms with Crippen LogP contribution >= 0.6 is 0 Å². The number of piperidine rings is 1. The van der Waals surface area contributed by atoms with E-state index in [-0.39, 0.29) is 37.0 Å². The minimum Gasteiger partial charge on any atom is -0.487 e. The van der Waals surface area contributed by atoms with Gasteiger partial charge in [0.1, 0.15) is 24.0 Å². The van der Waals surface area contributed by atoms with Crippen molar-refractivity contribution >= 4 is 23.8 Å². The molecule has 3 N–H and O–H groups in total. The molecule has 0 aromatic heterocycles. The topological polar surface area (TPSA) is 128 Å². The number of primary amides is 1. The maximum Gasteiger partial charge on any atom is 0.404 e. The first-order valence-electron chi connectivity index (χ1n) is 9.32. The fourth-order valence-electron chi connectivity index (χ4n) is 4.11. The van der Waals surface area contributed by atoms with Gasteiger partial charge in [0, 0.05) is 18.5 Å². The number of imide groups is 1. The first-order valence-corrected chi connectivity index (χ1v) is 9.32. The molecule has 1 aliphatic carbocycles. The summed E-state index contributed by atoms with van der Waals surface area (Å²) in [7, 11) is 0. The van der Waals surface area contributed by atoms with Crippen LogP contribution in [0.5, 0.6) is 5.75 Å². The van der Waals surface area contributed by atoms with Crippen molar-refractivity contribution in [3.63, 3.8) is 0 Å². The Hall–Kier alpha value is -3.10. The average molecular weight is 387 g/mol. The van der Waals surface area contributed by atoms with Crippen LogP contribution in [-0.2, 0) is 20.9 Å². The minimum atomic E-state index is -0.820. The Balaban J connectivity index is 1.47. The Morgan fingerprint density at radius 3 is 2.68 bits per heavy atom. The van der Waals surface area contributed by atoms with Crippen molar-refractivity contribution in [1.82, 2.24) is 10.2 Å². The summed E-state index contributed by atoms with van der Waals surface area (Å²) in [5.41, 5.74) is 6.39. The molecule has 2 fully saturated rings. The van der Waals surface area contributed by atoms with E-state index in [9.17, 15) is 19.2 Å². The number of hydrogen-bond donors (Lipinski definition) is 2. The van der Waals surface area contributed by atoms with Crippen molar-refractivity contribution in [2.75, 3.05) is 0 Å². The highest BCUT2D eigenvalue weighted by atomic mass is 16.6. The fraction of sp³-hybridized carbons (Fsp3) is 0.474. The van der Waals surface area contributed by atoms with Gasteiger partial charge >= 0.3 is 6.09 Å². The fourth-order valence-corrected chi connectivity index (χ4v) is 4.11. The number of ether oxygens (including phenoxy) is 2. The van der Waals surface area contributed by atoms with Gasteiger partial charge in [-0.15, -0.1) is 0 Å². The van der Waals surface area contributed by atoms with Gasteiger partial charge in [0.05, 0.1) is 0 Å². The van der Waals surface area contributed by atoms with Gasteiger partial charge in [0.25, 0.3) is 5.91 Å². The number of fused-ring (bicyclic) bond motifs is 1. The van der Waals surface area contributed by atoms with E-state index >= 15 is 0 Å². The van der Waals surface area contributed by atoms with Crippen LogP contribution in [0.25, 0.3) is 0 Å². The van der Waals surface area contributed by atoms with Crippen molar-refractivity contribution in [1.29, 1.82) is 0 Å². The lowest BCUT2D eigenvalue weighted by molar-refractivity contribution is -0.136. The summed E-state index contributed by atoms with van der Waals surface area (Å²) in [6, 6.07) is 4.51. The molecule has 3 aliphatic rings. The molecule has 28 heavy (non-hydrogen) atoms. The number of nitrogens with one attached hydrogen (secondary N) is 1. The van der Waals surface area contributed by atoms with Crippen LogP contribution in [0.2, 0.25) is 0 Å². The highest BCUT2D eigenvalue weighted by Gasteiger charge is 2.39. The lowest BCUT2D eigenvalue weighted by atomic mass is 10.0. The molecular weight excluding hydrogens is 366 g/mol. The lowest BCUT2D eigenvalue weighted by Crippen LogP contribution is -2.52. The van der Waals surface area contributed by atoms with E-state index in [0.717, 1.165) is 18.4 Å². The van der Waals surface area contributed by atoms with Crippen molar-refractivity contribution in [2.45, 2.75) is 56.9 Å². The molecule has 2 aliphatic heterocycles. The number of amides is 4.